The van der Waals surface area contributed by atoms with Crippen molar-refractivity contribution in [1.82, 2.24) is 66.0 Å². The summed E-state index contributed by atoms with van der Waals surface area (Å²) in [6, 6.07) is 6.44. The molecule has 6 rings (SSSR count). The Hall–Kier alpha value is -10.2. The molecule has 0 saturated heterocycles. The minimum absolute atomic E-state index is 0.00356. The molecule has 0 aliphatic heterocycles. The summed E-state index contributed by atoms with van der Waals surface area (Å²) in [5.41, 5.74) is 3.34. The summed E-state index contributed by atoms with van der Waals surface area (Å²) < 4.78 is 97.9. The zero-order valence-electron chi connectivity index (χ0n) is 74.9. The smallest absolute Gasteiger partial charge is 0.303 e. The summed E-state index contributed by atoms with van der Waals surface area (Å²) in [6.45, 7) is 15.9. The van der Waals surface area contributed by atoms with Gasteiger partial charge in [-0.2, -0.15) is 0 Å². The minimum Gasteiger partial charge on any atom is -0.481 e. The van der Waals surface area contributed by atoms with E-state index in [9.17, 15) is 38.4 Å². The average molecular weight is 1870 g/mol. The molecule has 6 aromatic rings. The number of ketones is 2. The van der Waals surface area contributed by atoms with Crippen molar-refractivity contribution in [2.45, 2.75) is 96.3 Å². The number of aliphatic carboxylic acids is 2. The van der Waals surface area contributed by atoms with Gasteiger partial charge in [-0.25, -0.2) is 0 Å². The van der Waals surface area contributed by atoms with Crippen LogP contribution in [-0.2, 0) is 130 Å². The molecule has 0 atom stereocenters. The fourth-order valence-corrected chi connectivity index (χ4v) is 11.1. The first-order valence-electron chi connectivity index (χ1n) is 43.9. The van der Waals surface area contributed by atoms with Gasteiger partial charge >= 0.3 is 11.9 Å². The fraction of sp³-hybridized carbons (Fsp3) is 0.628. The van der Waals surface area contributed by atoms with Gasteiger partial charge in [0.1, 0.15) is 11.6 Å². The summed E-state index contributed by atoms with van der Waals surface area (Å²) in [5, 5.41) is 79.1. The molecule has 4 amide bonds. The number of pyridine rings is 4. The number of rotatable bonds is 84. The van der Waals surface area contributed by atoms with Gasteiger partial charge in [-0.1, -0.05) is 0 Å². The largest absolute Gasteiger partial charge is 0.481 e. The van der Waals surface area contributed by atoms with Crippen LogP contribution in [0.1, 0.15) is 95.5 Å². The molecule has 46 heteroatoms. The maximum atomic E-state index is 13.1. The van der Waals surface area contributed by atoms with Crippen LogP contribution in [0.2, 0.25) is 0 Å². The van der Waals surface area contributed by atoms with Crippen molar-refractivity contribution < 1.29 is 144 Å². The van der Waals surface area contributed by atoms with E-state index in [0.717, 1.165) is 0 Å². The number of carboxylic acids is 2. The van der Waals surface area contributed by atoms with Crippen LogP contribution < -0.4 is 21.3 Å². The number of carboxylic acid groups (broad SMARTS) is 2. The molecule has 0 unspecified atom stereocenters. The van der Waals surface area contributed by atoms with Crippen LogP contribution in [-0.4, -0.2) is 386 Å². The first-order chi connectivity index (χ1) is 64.7. The maximum Gasteiger partial charge on any atom is 0.303 e. The number of amides is 4. The van der Waals surface area contributed by atoms with Crippen molar-refractivity contribution >= 4 is 64.2 Å². The van der Waals surface area contributed by atoms with Crippen molar-refractivity contribution in [3.8, 4) is 45.6 Å². The summed E-state index contributed by atoms with van der Waals surface area (Å²) in [6.07, 6.45) is 14.5. The molecule has 0 aliphatic rings. The van der Waals surface area contributed by atoms with Crippen LogP contribution >= 0.6 is 0 Å². The highest BCUT2D eigenvalue weighted by Crippen LogP contribution is 2.29. The Balaban J connectivity index is 0.000000707. The number of aromatic nitrogens is 12. The van der Waals surface area contributed by atoms with E-state index < -0.39 is 11.9 Å². The van der Waals surface area contributed by atoms with E-state index in [-0.39, 0.29) is 142 Å². The number of aliphatic hydroxyl groups is 2. The number of nitrogens with one attached hydrogen (secondary N) is 4. The van der Waals surface area contributed by atoms with E-state index in [0.29, 0.717) is 315 Å². The molecule has 0 spiro atoms. The lowest BCUT2D eigenvalue weighted by atomic mass is 10.0. The fourth-order valence-electron chi connectivity index (χ4n) is 11.1. The second kappa shape index (κ2) is 77.3. The highest BCUT2D eigenvalue weighted by atomic mass is 16.6. The number of anilines is 3. The Kier molecular flexibility index (Phi) is 65.8. The lowest BCUT2D eigenvalue weighted by Crippen LogP contribution is -2.27. The monoisotopic (exact) mass is 1860 g/mol. The van der Waals surface area contributed by atoms with Crippen LogP contribution in [0, 0.1) is 0 Å². The standard InChI is InChI=1S/C64H106N8O24.C22H22N8O6/c73-14-18-81-22-26-85-30-34-89-38-42-93-46-50-95-48-44-91-40-36-87-32-28-83-24-20-79-16-3-6-56(75)4-1-5-57(76)52-55-53-65-11-9-58(55)63-69-71-64(72-70-63)59-10-12-66-54-60(59)68-62(78)8-2-7-61(77)67-13-17-80-21-25-84-29-33-88-37-41-92-45-49-96-51-47-94-43-39-90-35-31-86-27-23-82-19-15-74;31-17(3-1-5-19(33)34)25-15-11-23-9-7-13(15)21-27-29-22(30-28-21)14-8-10-24-12-16(14)26-18(32)4-2-6-20(35)36/h9-12,53-54,73-74H,1-8,13-52H2,(H,67,77)(H,68,78);7-12H,1-6H2,(H,25,31)(H,26,32)(H,33,34)(H,35,36). The zero-order valence-corrected chi connectivity index (χ0v) is 74.9. The summed E-state index contributed by atoms with van der Waals surface area (Å²) in [5.74, 6) is -2.75. The highest BCUT2D eigenvalue weighted by molar-refractivity contribution is 5.96. The summed E-state index contributed by atoms with van der Waals surface area (Å²) in [7, 11) is 0. The first kappa shape index (κ1) is 112. The number of ether oxygens (including phenoxy) is 18. The molecule has 0 radical (unpaired) electrons. The van der Waals surface area contributed by atoms with Crippen LogP contribution in [0.15, 0.2) is 73.8 Å². The molecule has 46 nitrogen and oxygen atoms in total. The molecule has 132 heavy (non-hydrogen) atoms. The molecule has 0 aliphatic carbocycles. The predicted octanol–water partition coefficient (Wildman–Crippen LogP) is 3.31. The number of hydrogen-bond acceptors (Lipinski definition) is 40. The van der Waals surface area contributed by atoms with Crippen molar-refractivity contribution in [2.75, 3.05) is 274 Å². The van der Waals surface area contributed by atoms with E-state index >= 15 is 0 Å². The lowest BCUT2D eigenvalue weighted by Gasteiger charge is -2.10. The third-order valence-corrected chi connectivity index (χ3v) is 17.5. The van der Waals surface area contributed by atoms with Crippen LogP contribution in [0.25, 0.3) is 45.6 Å². The topological polar surface area (TPSA) is 586 Å². The van der Waals surface area contributed by atoms with Crippen LogP contribution in [0.4, 0.5) is 17.1 Å². The van der Waals surface area contributed by atoms with Gasteiger partial charge in [0.05, 0.1) is 280 Å². The number of Topliss-reactive ketones (excluding diaryl/α,β-unsaturated/α-hetero) is 2. The van der Waals surface area contributed by atoms with E-state index in [2.05, 4.69) is 82.0 Å². The van der Waals surface area contributed by atoms with E-state index in [1.54, 1.807) is 36.7 Å². The molecular formula is C86H128N16O30. The Labute approximate surface area is 766 Å². The van der Waals surface area contributed by atoms with Gasteiger partial charge < -0.3 is 127 Å². The predicted molar refractivity (Wildman–Crippen MR) is 470 cm³/mol. The SMILES string of the molecule is O=C(CCCOCCOCCOCCOCCOCCOCCOCCOCCOCCO)CCCC(=O)Cc1cnccc1-c1nnc(-c2ccncc2NC(=O)CCCC(=O)NCCOCCOCCOCCOCCOCCOCCOCCOCCOCCO)nn1.O=C(O)CCCC(=O)Nc1cnccc1-c1nnc(-c2ccncc2NC(=O)CCCC(=O)O)nn1. The maximum absolute atomic E-state index is 13.1. The number of nitrogens with zero attached hydrogens (tertiary/aromatic N) is 12. The quantitative estimate of drug-likeness (QED) is 0.0254. The molecule has 732 valence electrons. The van der Waals surface area contributed by atoms with Crippen molar-refractivity contribution in [3.63, 3.8) is 0 Å². The lowest BCUT2D eigenvalue weighted by molar-refractivity contribution is -0.138. The molecule has 0 bridgehead atoms. The number of hydrogen-bond donors (Lipinski definition) is 8. The van der Waals surface area contributed by atoms with Gasteiger partial charge in [-0.15, -0.1) is 40.8 Å². The van der Waals surface area contributed by atoms with Gasteiger partial charge in [0.15, 0.2) is 0 Å². The van der Waals surface area contributed by atoms with Gasteiger partial charge in [-0.3, -0.25) is 58.3 Å². The third-order valence-electron chi connectivity index (χ3n) is 17.5. The average Bonchev–Trinajstić information content (AvgIpc) is 0.813. The van der Waals surface area contributed by atoms with Gasteiger partial charge in [0.25, 0.3) is 0 Å². The van der Waals surface area contributed by atoms with Gasteiger partial charge in [0, 0.05) is 131 Å². The molecular weight excluding hydrogens is 1740 g/mol. The second-order valence-corrected chi connectivity index (χ2v) is 27.9. The van der Waals surface area contributed by atoms with Crippen LogP contribution in [0.5, 0.6) is 0 Å². The Morgan fingerprint density at radius 1 is 0.250 bits per heavy atom. The zero-order chi connectivity index (χ0) is 94.3. The van der Waals surface area contributed by atoms with E-state index in [4.69, 9.17) is 106 Å². The minimum atomic E-state index is -0.981. The first-order valence-corrected chi connectivity index (χ1v) is 43.9. The molecule has 0 saturated carbocycles. The van der Waals surface area contributed by atoms with Crippen LogP contribution in [0.3, 0.4) is 0 Å². The third kappa shape index (κ3) is 57.3. The number of carbonyl (C=O) groups is 8. The molecule has 6 aromatic heterocycles. The molecule has 8 N–H and O–H groups in total. The number of aliphatic hydroxyl groups excluding tert-OH is 2. The Morgan fingerprint density at radius 2 is 0.485 bits per heavy atom. The molecule has 6 heterocycles. The van der Waals surface area contributed by atoms with Crippen molar-refractivity contribution in [1.29, 1.82) is 0 Å². The van der Waals surface area contributed by atoms with Gasteiger partial charge in [-0.05, 0) is 61.9 Å². The van der Waals surface area contributed by atoms with Crippen molar-refractivity contribution in [2.24, 2.45) is 0 Å². The summed E-state index contributed by atoms with van der Waals surface area (Å²) >= 11 is 0. The molecule has 0 fully saturated rings. The second-order valence-electron chi connectivity index (χ2n) is 27.9. The van der Waals surface area contributed by atoms with E-state index in [1.807, 2.05) is 0 Å². The number of carbonyl (C=O) groups excluding carboxylic acids is 6. The normalized spacial score (nSPS) is 11.2. The van der Waals surface area contributed by atoms with Crippen molar-refractivity contribution in [3.05, 3.63) is 79.4 Å². The Bertz CT molecular complexity index is 3820. The van der Waals surface area contributed by atoms with E-state index in [1.165, 1.54) is 37.2 Å². The Morgan fingerprint density at radius 3 is 0.788 bits per heavy atom. The molecule has 0 aromatic carbocycles. The van der Waals surface area contributed by atoms with Gasteiger partial charge in [0.2, 0.25) is 46.9 Å². The highest BCUT2D eigenvalue weighted by Gasteiger charge is 2.21. The summed E-state index contributed by atoms with van der Waals surface area (Å²) in [4.78, 5) is 113.